The van der Waals surface area contributed by atoms with Crippen LogP contribution < -0.4 is 5.32 Å². The zero-order valence-corrected chi connectivity index (χ0v) is 16.7. The molecule has 8 heteroatoms. The first-order valence-electron chi connectivity index (χ1n) is 8.39. The molecule has 0 saturated heterocycles. The van der Waals surface area contributed by atoms with Gasteiger partial charge in [-0.25, -0.2) is 4.98 Å². The molecule has 6 nitrogen and oxygen atoms in total. The Morgan fingerprint density at radius 2 is 2.00 bits per heavy atom. The molecule has 0 fully saturated rings. The number of aromatic nitrogens is 2. The molecule has 2 aromatic heterocycles. The number of oxazole rings is 1. The first-order valence-corrected chi connectivity index (χ1v) is 9.15. The maximum absolute atomic E-state index is 12.1. The standard InChI is InChI=1S/C19H19Cl2N3O3/c1-19(2,3)15-9-16(24-27-15)23-17(25)6-7-18-22-10-14(26-18)12-5-4-11(20)8-13(12)21/h4-5,8-10H,6-7H2,1-3H3,(H,23,24,25). The molecule has 1 aromatic carbocycles. The van der Waals surface area contributed by atoms with Crippen molar-refractivity contribution in [1.82, 2.24) is 10.1 Å². The quantitative estimate of drug-likeness (QED) is 0.603. The molecule has 0 aliphatic heterocycles. The maximum Gasteiger partial charge on any atom is 0.226 e. The van der Waals surface area contributed by atoms with E-state index in [1.165, 1.54) is 0 Å². The number of hydrogen-bond donors (Lipinski definition) is 1. The minimum Gasteiger partial charge on any atom is -0.441 e. The van der Waals surface area contributed by atoms with Crippen LogP contribution in [0.2, 0.25) is 10.0 Å². The van der Waals surface area contributed by atoms with E-state index in [2.05, 4.69) is 15.5 Å². The zero-order valence-electron chi connectivity index (χ0n) is 15.2. The number of hydrogen-bond acceptors (Lipinski definition) is 5. The molecule has 0 aliphatic rings. The summed E-state index contributed by atoms with van der Waals surface area (Å²) in [6, 6.07) is 6.85. The number of halogens is 2. The Morgan fingerprint density at radius 1 is 1.22 bits per heavy atom. The van der Waals surface area contributed by atoms with Crippen molar-refractivity contribution < 1.29 is 13.7 Å². The molecular formula is C19H19Cl2N3O3. The van der Waals surface area contributed by atoms with Gasteiger partial charge in [0, 0.05) is 34.9 Å². The van der Waals surface area contributed by atoms with E-state index >= 15 is 0 Å². The molecule has 0 unspecified atom stereocenters. The Balaban J connectivity index is 1.58. The predicted molar refractivity (Wildman–Crippen MR) is 104 cm³/mol. The minimum atomic E-state index is -0.201. The van der Waals surface area contributed by atoms with Crippen LogP contribution in [-0.2, 0) is 16.6 Å². The predicted octanol–water partition coefficient (Wildman–Crippen LogP) is 5.51. The Hall–Kier alpha value is -2.31. The van der Waals surface area contributed by atoms with Gasteiger partial charge in [-0.1, -0.05) is 49.1 Å². The molecule has 0 atom stereocenters. The zero-order chi connectivity index (χ0) is 19.6. The lowest BCUT2D eigenvalue weighted by Crippen LogP contribution is -2.13. The Morgan fingerprint density at radius 3 is 2.67 bits per heavy atom. The van der Waals surface area contributed by atoms with Crippen LogP contribution >= 0.6 is 23.2 Å². The highest BCUT2D eigenvalue weighted by molar-refractivity contribution is 6.36. The molecule has 142 valence electrons. The molecule has 0 spiro atoms. The van der Waals surface area contributed by atoms with Gasteiger partial charge in [0.2, 0.25) is 5.91 Å². The Bertz CT molecular complexity index is 957. The van der Waals surface area contributed by atoms with Crippen LogP contribution in [0.4, 0.5) is 5.82 Å². The number of benzene rings is 1. The monoisotopic (exact) mass is 407 g/mol. The highest BCUT2D eigenvalue weighted by Gasteiger charge is 2.20. The third kappa shape index (κ3) is 4.90. The van der Waals surface area contributed by atoms with E-state index in [0.717, 1.165) is 0 Å². The molecule has 1 N–H and O–H groups in total. The number of carbonyl (C=O) groups excluding carboxylic acids is 1. The van der Waals surface area contributed by atoms with Crippen LogP contribution in [0, 0.1) is 0 Å². The number of aryl methyl sites for hydroxylation is 1. The molecule has 27 heavy (non-hydrogen) atoms. The van der Waals surface area contributed by atoms with Crippen molar-refractivity contribution in [3.8, 4) is 11.3 Å². The van der Waals surface area contributed by atoms with E-state index in [0.29, 0.717) is 45.3 Å². The smallest absolute Gasteiger partial charge is 0.226 e. The van der Waals surface area contributed by atoms with Gasteiger partial charge in [-0.3, -0.25) is 4.79 Å². The topological polar surface area (TPSA) is 81.2 Å². The van der Waals surface area contributed by atoms with Crippen molar-refractivity contribution in [2.75, 3.05) is 5.32 Å². The first-order chi connectivity index (χ1) is 12.7. The van der Waals surface area contributed by atoms with Crippen molar-refractivity contribution >= 4 is 34.9 Å². The number of amides is 1. The van der Waals surface area contributed by atoms with Crippen LogP contribution in [0.25, 0.3) is 11.3 Å². The molecule has 0 aliphatic carbocycles. The molecule has 0 saturated carbocycles. The molecule has 1 amide bonds. The van der Waals surface area contributed by atoms with E-state index in [1.807, 2.05) is 20.8 Å². The largest absolute Gasteiger partial charge is 0.441 e. The van der Waals surface area contributed by atoms with Gasteiger partial charge in [-0.2, -0.15) is 0 Å². The van der Waals surface area contributed by atoms with Gasteiger partial charge in [0.15, 0.2) is 17.5 Å². The first kappa shape index (κ1) is 19.5. The number of carbonyl (C=O) groups is 1. The summed E-state index contributed by atoms with van der Waals surface area (Å²) in [5, 5.41) is 7.60. The SMILES string of the molecule is CC(C)(C)c1cc(NC(=O)CCc2ncc(-c3ccc(Cl)cc3Cl)o2)no1. The van der Waals surface area contributed by atoms with Crippen molar-refractivity contribution in [3.63, 3.8) is 0 Å². The van der Waals surface area contributed by atoms with E-state index < -0.39 is 0 Å². The Kier molecular flexibility index (Phi) is 5.58. The van der Waals surface area contributed by atoms with Crippen molar-refractivity contribution in [2.24, 2.45) is 0 Å². The summed E-state index contributed by atoms with van der Waals surface area (Å²) >= 11 is 12.1. The normalized spacial score (nSPS) is 11.6. The summed E-state index contributed by atoms with van der Waals surface area (Å²) in [6.07, 6.45) is 2.13. The second-order valence-electron chi connectivity index (χ2n) is 7.12. The van der Waals surface area contributed by atoms with Gasteiger partial charge in [-0.15, -0.1) is 0 Å². The van der Waals surface area contributed by atoms with Gasteiger partial charge < -0.3 is 14.3 Å². The molecular weight excluding hydrogens is 389 g/mol. The fourth-order valence-corrected chi connectivity index (χ4v) is 2.85. The van der Waals surface area contributed by atoms with Crippen LogP contribution in [0.15, 0.2) is 39.4 Å². The van der Waals surface area contributed by atoms with E-state index in [9.17, 15) is 4.79 Å². The molecule has 3 aromatic rings. The highest BCUT2D eigenvalue weighted by atomic mass is 35.5. The highest BCUT2D eigenvalue weighted by Crippen LogP contribution is 2.31. The third-order valence-corrected chi connectivity index (χ3v) is 4.38. The summed E-state index contributed by atoms with van der Waals surface area (Å²) in [6.45, 7) is 6.02. The van der Waals surface area contributed by atoms with Crippen molar-refractivity contribution in [3.05, 3.63) is 52.2 Å². The van der Waals surface area contributed by atoms with Gasteiger partial charge in [0.1, 0.15) is 5.76 Å². The second-order valence-corrected chi connectivity index (χ2v) is 7.96. The summed E-state index contributed by atoms with van der Waals surface area (Å²) in [7, 11) is 0. The van der Waals surface area contributed by atoms with Crippen LogP contribution in [0.5, 0.6) is 0 Å². The van der Waals surface area contributed by atoms with E-state index in [4.69, 9.17) is 32.1 Å². The fraction of sp³-hybridized carbons (Fsp3) is 0.316. The average Bonchev–Trinajstić information content (AvgIpc) is 3.22. The van der Waals surface area contributed by atoms with Crippen LogP contribution in [0.1, 0.15) is 38.8 Å². The van der Waals surface area contributed by atoms with Crippen molar-refractivity contribution in [2.45, 2.75) is 39.0 Å². The molecule has 2 heterocycles. The molecule has 0 bridgehead atoms. The van der Waals surface area contributed by atoms with Gasteiger partial charge in [0.25, 0.3) is 0 Å². The van der Waals surface area contributed by atoms with Crippen molar-refractivity contribution in [1.29, 1.82) is 0 Å². The van der Waals surface area contributed by atoms with E-state index in [1.54, 1.807) is 30.5 Å². The van der Waals surface area contributed by atoms with Gasteiger partial charge in [0.05, 0.1) is 11.2 Å². The Labute approximate surface area is 166 Å². The average molecular weight is 408 g/mol. The minimum absolute atomic E-state index is 0.173. The molecule has 3 rings (SSSR count). The second kappa shape index (κ2) is 7.74. The molecule has 0 radical (unpaired) electrons. The van der Waals surface area contributed by atoms with Gasteiger partial charge in [-0.05, 0) is 18.2 Å². The lowest BCUT2D eigenvalue weighted by atomic mass is 9.93. The maximum atomic E-state index is 12.1. The van der Waals surface area contributed by atoms with Gasteiger partial charge >= 0.3 is 0 Å². The van der Waals surface area contributed by atoms with Crippen LogP contribution in [-0.4, -0.2) is 16.0 Å². The lowest BCUT2D eigenvalue weighted by Gasteiger charge is -2.11. The number of anilines is 1. The summed E-state index contributed by atoms with van der Waals surface area (Å²) in [5.74, 6) is 1.87. The third-order valence-electron chi connectivity index (χ3n) is 3.83. The summed E-state index contributed by atoms with van der Waals surface area (Å²) < 4.78 is 10.9. The summed E-state index contributed by atoms with van der Waals surface area (Å²) in [5.41, 5.74) is 0.523. The lowest BCUT2D eigenvalue weighted by molar-refractivity contribution is -0.116. The number of nitrogens with one attached hydrogen (secondary N) is 1. The fourth-order valence-electron chi connectivity index (χ4n) is 2.35. The van der Waals surface area contributed by atoms with E-state index in [-0.39, 0.29) is 17.7 Å². The summed E-state index contributed by atoms with van der Waals surface area (Å²) in [4.78, 5) is 16.3. The number of nitrogens with zero attached hydrogens (tertiary/aromatic N) is 2. The van der Waals surface area contributed by atoms with Crippen LogP contribution in [0.3, 0.4) is 0 Å². The number of rotatable bonds is 5.